The van der Waals surface area contributed by atoms with E-state index in [0.29, 0.717) is 6.04 Å². The van der Waals surface area contributed by atoms with Gasteiger partial charge < -0.3 is 5.32 Å². The van der Waals surface area contributed by atoms with Crippen molar-refractivity contribution in [1.29, 1.82) is 0 Å². The van der Waals surface area contributed by atoms with E-state index >= 15 is 0 Å². The molecular formula is C18H22N2. The molecule has 3 rings (SSSR count). The predicted octanol–water partition coefficient (Wildman–Crippen LogP) is 4.39. The summed E-state index contributed by atoms with van der Waals surface area (Å²) in [6, 6.07) is 11.0. The molecule has 0 saturated carbocycles. The molecule has 1 unspecified atom stereocenters. The van der Waals surface area contributed by atoms with Crippen molar-refractivity contribution in [2.45, 2.75) is 38.1 Å². The summed E-state index contributed by atoms with van der Waals surface area (Å²) in [6.45, 7) is 0. The minimum Gasteiger partial charge on any atom is -0.313 e. The Labute approximate surface area is 120 Å². The number of hydrogen-bond acceptors (Lipinski definition) is 2. The van der Waals surface area contributed by atoms with Crippen molar-refractivity contribution in [1.82, 2.24) is 10.3 Å². The van der Waals surface area contributed by atoms with Gasteiger partial charge in [0, 0.05) is 17.6 Å². The van der Waals surface area contributed by atoms with Crippen LogP contribution < -0.4 is 5.32 Å². The fourth-order valence-electron chi connectivity index (χ4n) is 3.15. The molecule has 0 aliphatic heterocycles. The molecule has 1 N–H and O–H groups in total. The number of pyridine rings is 1. The Balaban J connectivity index is 1.92. The fourth-order valence-corrected chi connectivity index (χ4v) is 3.15. The third-order valence-electron chi connectivity index (χ3n) is 4.25. The molecule has 1 aromatic carbocycles. The molecule has 0 spiro atoms. The first-order chi connectivity index (χ1) is 9.88. The second-order valence-electron chi connectivity index (χ2n) is 5.57. The van der Waals surface area contributed by atoms with Crippen LogP contribution in [-0.2, 0) is 0 Å². The maximum atomic E-state index is 4.46. The number of nitrogens with zero attached hydrogens (tertiary/aromatic N) is 1. The number of fused-ring (bicyclic) bond motifs is 1. The summed E-state index contributed by atoms with van der Waals surface area (Å²) in [7, 11) is 2.06. The number of allylic oxidation sites excluding steroid dienone is 1. The van der Waals surface area contributed by atoms with Gasteiger partial charge in [0.25, 0.3) is 0 Å². The molecule has 2 aromatic rings. The first-order valence-electron chi connectivity index (χ1n) is 7.57. The van der Waals surface area contributed by atoms with Gasteiger partial charge >= 0.3 is 0 Å². The van der Waals surface area contributed by atoms with Gasteiger partial charge in [-0.2, -0.15) is 0 Å². The van der Waals surface area contributed by atoms with Crippen LogP contribution in [-0.4, -0.2) is 12.0 Å². The SMILES string of the molecule is CNC(CC1=CCCCC1)c1cccc2ncccc12. The van der Waals surface area contributed by atoms with Crippen LogP contribution in [0.4, 0.5) is 0 Å². The second kappa shape index (κ2) is 6.19. The van der Waals surface area contributed by atoms with E-state index in [1.54, 1.807) is 5.57 Å². The number of nitrogens with one attached hydrogen (secondary N) is 1. The Kier molecular flexibility index (Phi) is 4.12. The topological polar surface area (TPSA) is 24.9 Å². The van der Waals surface area contributed by atoms with Crippen molar-refractivity contribution < 1.29 is 0 Å². The molecule has 0 amide bonds. The Morgan fingerprint density at radius 3 is 2.95 bits per heavy atom. The lowest BCUT2D eigenvalue weighted by molar-refractivity contribution is 0.562. The summed E-state index contributed by atoms with van der Waals surface area (Å²) in [5.74, 6) is 0. The van der Waals surface area contributed by atoms with E-state index in [2.05, 4.69) is 47.7 Å². The molecule has 0 bridgehead atoms. The van der Waals surface area contributed by atoms with Crippen LogP contribution in [0.3, 0.4) is 0 Å². The number of hydrogen-bond donors (Lipinski definition) is 1. The van der Waals surface area contributed by atoms with Gasteiger partial charge in [0.05, 0.1) is 5.52 Å². The molecule has 1 aliphatic rings. The highest BCUT2D eigenvalue weighted by Crippen LogP contribution is 2.30. The highest BCUT2D eigenvalue weighted by molar-refractivity contribution is 5.82. The van der Waals surface area contributed by atoms with E-state index in [1.807, 2.05) is 12.3 Å². The Hall–Kier alpha value is -1.67. The monoisotopic (exact) mass is 266 g/mol. The van der Waals surface area contributed by atoms with Crippen molar-refractivity contribution >= 4 is 10.9 Å². The van der Waals surface area contributed by atoms with E-state index < -0.39 is 0 Å². The Morgan fingerprint density at radius 1 is 1.20 bits per heavy atom. The quantitative estimate of drug-likeness (QED) is 0.830. The maximum absolute atomic E-state index is 4.46. The molecule has 0 fully saturated rings. The summed E-state index contributed by atoms with van der Waals surface area (Å²) in [6.07, 6.45) is 10.6. The van der Waals surface area contributed by atoms with Crippen LogP contribution in [0.15, 0.2) is 48.2 Å². The molecular weight excluding hydrogens is 244 g/mol. The lowest BCUT2D eigenvalue weighted by Crippen LogP contribution is -2.18. The van der Waals surface area contributed by atoms with Gasteiger partial charge in [-0.1, -0.05) is 29.8 Å². The first-order valence-corrected chi connectivity index (χ1v) is 7.57. The van der Waals surface area contributed by atoms with E-state index in [9.17, 15) is 0 Å². The fraction of sp³-hybridized carbons (Fsp3) is 0.389. The standard InChI is InChI=1S/C18H22N2/c1-19-18(13-14-7-3-2-4-8-14)16-9-5-11-17-15(16)10-6-12-20-17/h5-7,9-12,18-19H,2-4,8,13H2,1H3. The van der Waals surface area contributed by atoms with Crippen molar-refractivity contribution in [2.24, 2.45) is 0 Å². The van der Waals surface area contributed by atoms with Gasteiger partial charge in [-0.3, -0.25) is 4.98 Å². The summed E-state index contributed by atoms with van der Waals surface area (Å²) >= 11 is 0. The van der Waals surface area contributed by atoms with Gasteiger partial charge in [0.1, 0.15) is 0 Å². The molecule has 2 nitrogen and oxygen atoms in total. The summed E-state index contributed by atoms with van der Waals surface area (Å²) in [4.78, 5) is 4.46. The first kappa shape index (κ1) is 13.3. The lowest BCUT2D eigenvalue weighted by Gasteiger charge is -2.22. The summed E-state index contributed by atoms with van der Waals surface area (Å²) in [5.41, 5.74) is 4.06. The number of rotatable bonds is 4. The van der Waals surface area contributed by atoms with Crippen molar-refractivity contribution in [3.63, 3.8) is 0 Å². The number of benzene rings is 1. The van der Waals surface area contributed by atoms with Gasteiger partial charge in [-0.25, -0.2) is 0 Å². The largest absolute Gasteiger partial charge is 0.313 e. The van der Waals surface area contributed by atoms with Gasteiger partial charge in [-0.15, -0.1) is 0 Å². The molecule has 1 aliphatic carbocycles. The van der Waals surface area contributed by atoms with Crippen LogP contribution in [0.1, 0.15) is 43.7 Å². The molecule has 1 atom stereocenters. The normalized spacial score (nSPS) is 16.9. The molecule has 20 heavy (non-hydrogen) atoms. The molecule has 104 valence electrons. The third kappa shape index (κ3) is 2.75. The summed E-state index contributed by atoms with van der Waals surface area (Å²) < 4.78 is 0. The van der Waals surface area contributed by atoms with Gasteiger partial charge in [0.2, 0.25) is 0 Å². The molecule has 1 heterocycles. The smallest absolute Gasteiger partial charge is 0.0705 e. The van der Waals surface area contributed by atoms with Gasteiger partial charge in [0.15, 0.2) is 0 Å². The van der Waals surface area contributed by atoms with Crippen LogP contribution in [0.5, 0.6) is 0 Å². The van der Waals surface area contributed by atoms with Crippen molar-refractivity contribution in [3.8, 4) is 0 Å². The Bertz CT molecular complexity index is 610. The van der Waals surface area contributed by atoms with E-state index in [-0.39, 0.29) is 0 Å². The van der Waals surface area contributed by atoms with E-state index in [1.165, 1.54) is 36.6 Å². The molecule has 2 heteroatoms. The van der Waals surface area contributed by atoms with Crippen LogP contribution in [0.25, 0.3) is 10.9 Å². The third-order valence-corrected chi connectivity index (χ3v) is 4.25. The van der Waals surface area contributed by atoms with Crippen LogP contribution in [0, 0.1) is 0 Å². The summed E-state index contributed by atoms with van der Waals surface area (Å²) in [5, 5.41) is 4.76. The number of aromatic nitrogens is 1. The van der Waals surface area contributed by atoms with E-state index in [4.69, 9.17) is 0 Å². The zero-order valence-electron chi connectivity index (χ0n) is 12.1. The zero-order chi connectivity index (χ0) is 13.8. The predicted molar refractivity (Wildman–Crippen MR) is 84.7 cm³/mol. The minimum atomic E-state index is 0.382. The van der Waals surface area contributed by atoms with E-state index in [0.717, 1.165) is 11.9 Å². The minimum absolute atomic E-state index is 0.382. The van der Waals surface area contributed by atoms with Crippen LogP contribution in [0.2, 0.25) is 0 Å². The average Bonchev–Trinajstić information content (AvgIpc) is 2.53. The molecule has 1 aromatic heterocycles. The zero-order valence-corrected chi connectivity index (χ0v) is 12.1. The highest BCUT2D eigenvalue weighted by atomic mass is 14.9. The van der Waals surface area contributed by atoms with Gasteiger partial charge in [-0.05, 0) is 56.8 Å². The average molecular weight is 266 g/mol. The highest BCUT2D eigenvalue weighted by Gasteiger charge is 2.15. The van der Waals surface area contributed by atoms with Crippen LogP contribution >= 0.6 is 0 Å². The Morgan fingerprint density at radius 2 is 2.15 bits per heavy atom. The second-order valence-corrected chi connectivity index (χ2v) is 5.57. The van der Waals surface area contributed by atoms with Crippen molar-refractivity contribution in [3.05, 3.63) is 53.7 Å². The lowest BCUT2D eigenvalue weighted by atomic mass is 9.90. The maximum Gasteiger partial charge on any atom is 0.0705 e. The molecule has 0 radical (unpaired) electrons. The van der Waals surface area contributed by atoms with Crippen molar-refractivity contribution in [2.75, 3.05) is 7.05 Å². The molecule has 0 saturated heterocycles.